The number of sulfonamides is 1. The first kappa shape index (κ1) is 19.4. The summed E-state index contributed by atoms with van der Waals surface area (Å²) in [7, 11) is -2.15. The highest BCUT2D eigenvalue weighted by Gasteiger charge is 2.16. The van der Waals surface area contributed by atoms with Gasteiger partial charge in [-0.05, 0) is 48.4 Å². The predicted molar refractivity (Wildman–Crippen MR) is 98.7 cm³/mol. The molecule has 25 heavy (non-hydrogen) atoms. The Hall–Kier alpha value is -1.96. The summed E-state index contributed by atoms with van der Waals surface area (Å²) in [6.07, 6.45) is 0.836. The summed E-state index contributed by atoms with van der Waals surface area (Å²) < 4.78 is 38.1. The molecule has 0 fully saturated rings. The van der Waals surface area contributed by atoms with Gasteiger partial charge in [-0.25, -0.2) is 13.1 Å². The van der Waals surface area contributed by atoms with Crippen LogP contribution in [0.25, 0.3) is 0 Å². The van der Waals surface area contributed by atoms with E-state index < -0.39 is 10.0 Å². The van der Waals surface area contributed by atoms with Gasteiger partial charge in [-0.3, -0.25) is 0 Å². The third-order valence-electron chi connectivity index (χ3n) is 3.40. The molecule has 136 valence electrons. The normalized spacial score (nSPS) is 11.3. The van der Waals surface area contributed by atoms with Crippen molar-refractivity contribution in [2.45, 2.75) is 24.8 Å². The number of methoxy groups -OCH3 is 1. The fourth-order valence-electron chi connectivity index (χ4n) is 2.13. The predicted octanol–water partition coefficient (Wildman–Crippen LogP) is 3.20. The molecule has 0 spiro atoms. The van der Waals surface area contributed by atoms with E-state index in [0.717, 1.165) is 6.42 Å². The van der Waals surface area contributed by atoms with Crippen molar-refractivity contribution >= 4 is 27.3 Å². The Morgan fingerprint density at radius 1 is 1.20 bits per heavy atom. The number of hydrogen-bond acceptors (Lipinski definition) is 5. The van der Waals surface area contributed by atoms with Crippen LogP contribution in [-0.2, 0) is 16.6 Å². The summed E-state index contributed by atoms with van der Waals surface area (Å²) >= 11 is 6.24. The highest BCUT2D eigenvalue weighted by atomic mass is 35.5. The standard InChI is InChI=1S/C17H21ClN2O4S/c1-3-8-24-17-15(18)9-12(10-16(17)23-2)11-20-25(21,22)14-6-4-13(19)5-7-14/h4-7,9-10,20H,3,8,11,19H2,1-2H3. The molecule has 6 nitrogen and oxygen atoms in total. The van der Waals surface area contributed by atoms with Gasteiger partial charge in [0.15, 0.2) is 11.5 Å². The fraction of sp³-hybridized carbons (Fsp3) is 0.294. The van der Waals surface area contributed by atoms with E-state index in [1.165, 1.54) is 31.4 Å². The first-order valence-corrected chi connectivity index (χ1v) is 9.58. The molecule has 0 heterocycles. The number of nitrogen functional groups attached to an aromatic ring is 1. The van der Waals surface area contributed by atoms with Crippen molar-refractivity contribution in [3.8, 4) is 11.5 Å². The highest BCUT2D eigenvalue weighted by molar-refractivity contribution is 7.89. The summed E-state index contributed by atoms with van der Waals surface area (Å²) in [5.41, 5.74) is 6.73. The van der Waals surface area contributed by atoms with Gasteiger partial charge in [0.25, 0.3) is 0 Å². The molecule has 2 aromatic carbocycles. The quantitative estimate of drug-likeness (QED) is 0.682. The van der Waals surface area contributed by atoms with E-state index in [9.17, 15) is 8.42 Å². The Kier molecular flexibility index (Phi) is 6.52. The van der Waals surface area contributed by atoms with E-state index in [2.05, 4.69) is 4.72 Å². The number of benzene rings is 2. The fourth-order valence-corrected chi connectivity index (χ4v) is 3.43. The summed E-state index contributed by atoms with van der Waals surface area (Å²) in [6.45, 7) is 2.57. The van der Waals surface area contributed by atoms with E-state index >= 15 is 0 Å². The van der Waals surface area contributed by atoms with Gasteiger partial charge in [-0.2, -0.15) is 0 Å². The Morgan fingerprint density at radius 2 is 1.88 bits per heavy atom. The maximum atomic E-state index is 12.3. The number of anilines is 1. The average Bonchev–Trinajstić information content (AvgIpc) is 2.59. The molecule has 2 aromatic rings. The van der Waals surface area contributed by atoms with Gasteiger partial charge >= 0.3 is 0 Å². The van der Waals surface area contributed by atoms with E-state index in [0.29, 0.717) is 34.4 Å². The van der Waals surface area contributed by atoms with Gasteiger partial charge in [-0.1, -0.05) is 18.5 Å². The van der Waals surface area contributed by atoms with Crippen LogP contribution in [0.1, 0.15) is 18.9 Å². The van der Waals surface area contributed by atoms with Crippen molar-refractivity contribution in [2.24, 2.45) is 0 Å². The van der Waals surface area contributed by atoms with Gasteiger partial charge < -0.3 is 15.2 Å². The van der Waals surface area contributed by atoms with E-state index in [-0.39, 0.29) is 11.4 Å². The Bertz CT molecular complexity index is 823. The van der Waals surface area contributed by atoms with Gasteiger partial charge in [0.2, 0.25) is 10.0 Å². The van der Waals surface area contributed by atoms with Crippen molar-refractivity contribution in [2.75, 3.05) is 19.5 Å². The second-order valence-electron chi connectivity index (χ2n) is 5.35. The van der Waals surface area contributed by atoms with E-state index in [4.69, 9.17) is 26.8 Å². The highest BCUT2D eigenvalue weighted by Crippen LogP contribution is 2.36. The minimum atomic E-state index is -3.65. The molecule has 0 aliphatic heterocycles. The molecule has 0 aliphatic carbocycles. The van der Waals surface area contributed by atoms with Crippen LogP contribution in [0.3, 0.4) is 0 Å². The van der Waals surface area contributed by atoms with Crippen LogP contribution in [0.5, 0.6) is 11.5 Å². The topological polar surface area (TPSA) is 90.7 Å². The third kappa shape index (κ3) is 5.01. The van der Waals surface area contributed by atoms with Crippen molar-refractivity contribution in [3.05, 3.63) is 47.0 Å². The number of ether oxygens (including phenoxy) is 2. The maximum absolute atomic E-state index is 12.3. The van der Waals surface area contributed by atoms with Crippen LogP contribution in [-0.4, -0.2) is 22.1 Å². The number of halogens is 1. The molecule has 0 unspecified atom stereocenters. The molecule has 0 radical (unpaired) electrons. The van der Waals surface area contributed by atoms with Crippen molar-refractivity contribution in [3.63, 3.8) is 0 Å². The first-order valence-electron chi connectivity index (χ1n) is 7.71. The van der Waals surface area contributed by atoms with Gasteiger partial charge in [0.1, 0.15) is 0 Å². The van der Waals surface area contributed by atoms with Crippen molar-refractivity contribution in [1.82, 2.24) is 4.72 Å². The molecule has 0 aliphatic rings. The smallest absolute Gasteiger partial charge is 0.240 e. The second kappa shape index (κ2) is 8.42. The minimum Gasteiger partial charge on any atom is -0.493 e. The van der Waals surface area contributed by atoms with Gasteiger partial charge in [0, 0.05) is 12.2 Å². The summed E-state index contributed by atoms with van der Waals surface area (Å²) in [4.78, 5) is 0.141. The lowest BCUT2D eigenvalue weighted by molar-refractivity contribution is 0.294. The summed E-state index contributed by atoms with van der Waals surface area (Å²) in [5, 5.41) is 0.370. The molecular weight excluding hydrogens is 364 g/mol. The molecule has 0 atom stereocenters. The number of hydrogen-bond donors (Lipinski definition) is 2. The molecule has 0 aromatic heterocycles. The second-order valence-corrected chi connectivity index (χ2v) is 7.53. The van der Waals surface area contributed by atoms with Crippen LogP contribution in [0.2, 0.25) is 5.02 Å². The van der Waals surface area contributed by atoms with E-state index in [1.807, 2.05) is 6.92 Å². The Morgan fingerprint density at radius 3 is 2.48 bits per heavy atom. The first-order chi connectivity index (χ1) is 11.9. The van der Waals surface area contributed by atoms with Crippen LogP contribution in [0, 0.1) is 0 Å². The average molecular weight is 385 g/mol. The number of nitrogens with two attached hydrogens (primary N) is 1. The van der Waals surface area contributed by atoms with Crippen LogP contribution in [0.4, 0.5) is 5.69 Å². The largest absolute Gasteiger partial charge is 0.493 e. The SMILES string of the molecule is CCCOc1c(Cl)cc(CNS(=O)(=O)c2ccc(N)cc2)cc1OC. The lowest BCUT2D eigenvalue weighted by Gasteiger charge is -2.14. The van der Waals surface area contributed by atoms with Crippen LogP contribution >= 0.6 is 11.6 Å². The van der Waals surface area contributed by atoms with Crippen molar-refractivity contribution in [1.29, 1.82) is 0 Å². The monoisotopic (exact) mass is 384 g/mol. The Labute approximate surface area is 152 Å². The number of rotatable bonds is 8. The molecule has 0 amide bonds. The maximum Gasteiger partial charge on any atom is 0.240 e. The molecular formula is C17H21ClN2O4S. The number of nitrogens with one attached hydrogen (secondary N) is 1. The molecule has 0 saturated heterocycles. The minimum absolute atomic E-state index is 0.0663. The van der Waals surface area contributed by atoms with Crippen molar-refractivity contribution < 1.29 is 17.9 Å². The zero-order chi connectivity index (χ0) is 18.4. The lowest BCUT2D eigenvalue weighted by atomic mass is 10.2. The molecule has 8 heteroatoms. The van der Waals surface area contributed by atoms with E-state index in [1.54, 1.807) is 12.1 Å². The van der Waals surface area contributed by atoms with Gasteiger partial charge in [0.05, 0.1) is 23.6 Å². The van der Waals surface area contributed by atoms with Crippen LogP contribution < -0.4 is 19.9 Å². The summed E-state index contributed by atoms with van der Waals surface area (Å²) in [6, 6.07) is 9.32. The zero-order valence-electron chi connectivity index (χ0n) is 14.1. The molecule has 3 N–H and O–H groups in total. The third-order valence-corrected chi connectivity index (χ3v) is 5.09. The van der Waals surface area contributed by atoms with Gasteiger partial charge in [-0.15, -0.1) is 0 Å². The Balaban J connectivity index is 2.17. The molecule has 0 bridgehead atoms. The molecule has 0 saturated carbocycles. The zero-order valence-corrected chi connectivity index (χ0v) is 15.7. The summed E-state index contributed by atoms with van der Waals surface area (Å²) in [5.74, 6) is 0.916. The molecule has 2 rings (SSSR count). The van der Waals surface area contributed by atoms with Crippen LogP contribution in [0.15, 0.2) is 41.3 Å². The lowest BCUT2D eigenvalue weighted by Crippen LogP contribution is -2.23.